The number of fused-ring (bicyclic) bond motifs is 1. The third kappa shape index (κ3) is 2.53. The number of rotatable bonds is 3. The third-order valence-corrected chi connectivity index (χ3v) is 3.42. The predicted molar refractivity (Wildman–Crippen MR) is 86.0 cm³/mol. The Bertz CT molecular complexity index is 738. The number of halogens is 1. The van der Waals surface area contributed by atoms with Gasteiger partial charge in [-0.05, 0) is 42.5 Å². The number of hydrogen-bond acceptors (Lipinski definition) is 3. The average Bonchev–Trinajstić information content (AvgIpc) is 2.49. The highest BCUT2D eigenvalue weighted by atomic mass is 35.5. The van der Waals surface area contributed by atoms with E-state index < -0.39 is 0 Å². The Kier molecular flexibility index (Phi) is 3.44. The Labute approximate surface area is 122 Å². The smallest absolute Gasteiger partial charge is 0.131 e. The van der Waals surface area contributed by atoms with E-state index in [9.17, 15) is 0 Å². The summed E-state index contributed by atoms with van der Waals surface area (Å²) < 4.78 is 0. The number of benzene rings is 2. The van der Waals surface area contributed by atoms with Crippen LogP contribution in [0.4, 0.5) is 17.2 Å². The van der Waals surface area contributed by atoms with Crippen LogP contribution in [0.5, 0.6) is 0 Å². The van der Waals surface area contributed by atoms with Gasteiger partial charge in [0.15, 0.2) is 0 Å². The zero-order chi connectivity index (χ0) is 13.9. The van der Waals surface area contributed by atoms with Crippen molar-refractivity contribution in [3.8, 4) is 0 Å². The molecule has 0 fully saturated rings. The molecule has 0 unspecified atom stereocenters. The molecule has 0 saturated heterocycles. The Morgan fingerprint density at radius 3 is 2.40 bits per heavy atom. The van der Waals surface area contributed by atoms with E-state index in [1.54, 1.807) is 0 Å². The first-order valence-corrected chi connectivity index (χ1v) is 6.74. The van der Waals surface area contributed by atoms with Gasteiger partial charge >= 0.3 is 0 Å². The van der Waals surface area contributed by atoms with Gasteiger partial charge in [-0.1, -0.05) is 23.7 Å². The molecule has 100 valence electrons. The summed E-state index contributed by atoms with van der Waals surface area (Å²) in [6.07, 6.45) is 0. The molecule has 0 radical (unpaired) electrons. The Morgan fingerprint density at radius 1 is 0.900 bits per heavy atom. The fourth-order valence-corrected chi connectivity index (χ4v) is 2.27. The minimum atomic E-state index is 0.664. The largest absolute Gasteiger partial charge is 0.388 e. The molecule has 1 aromatic heterocycles. The fraction of sp³-hybridized carbons (Fsp3) is 0.0625. The molecule has 0 aliphatic heterocycles. The lowest BCUT2D eigenvalue weighted by Crippen LogP contribution is -1.94. The monoisotopic (exact) mass is 283 g/mol. The van der Waals surface area contributed by atoms with Gasteiger partial charge < -0.3 is 10.6 Å². The average molecular weight is 284 g/mol. The van der Waals surface area contributed by atoms with E-state index >= 15 is 0 Å². The van der Waals surface area contributed by atoms with E-state index in [0.717, 1.165) is 28.1 Å². The molecule has 2 N–H and O–H groups in total. The van der Waals surface area contributed by atoms with E-state index in [1.807, 2.05) is 61.6 Å². The highest BCUT2D eigenvalue weighted by Crippen LogP contribution is 2.24. The van der Waals surface area contributed by atoms with Gasteiger partial charge in [0.05, 0.1) is 10.5 Å². The minimum Gasteiger partial charge on any atom is -0.388 e. The van der Waals surface area contributed by atoms with E-state index in [-0.39, 0.29) is 0 Å². The van der Waals surface area contributed by atoms with Crippen LogP contribution in [-0.4, -0.2) is 12.0 Å². The summed E-state index contributed by atoms with van der Waals surface area (Å²) in [6, 6.07) is 17.8. The summed E-state index contributed by atoms with van der Waals surface area (Å²) in [7, 11) is 1.90. The summed E-state index contributed by atoms with van der Waals surface area (Å²) in [5, 5.41) is 8.07. The predicted octanol–water partition coefficient (Wildman–Crippen LogP) is 4.67. The summed E-state index contributed by atoms with van der Waals surface area (Å²) in [5.41, 5.74) is 2.87. The Morgan fingerprint density at radius 2 is 1.65 bits per heavy atom. The molecule has 2 aromatic carbocycles. The molecule has 0 aliphatic carbocycles. The number of pyridine rings is 1. The fourth-order valence-electron chi connectivity index (χ4n) is 2.05. The summed E-state index contributed by atoms with van der Waals surface area (Å²) >= 11 is 6.17. The Balaban J connectivity index is 1.92. The standard InChI is InChI=1S/C16H14ClN3/c1-18-12-6-8-13(9-7-12)19-15-10-5-11-3-2-4-14(17)16(11)20-15/h2-10,18H,1H3,(H,19,20). The van der Waals surface area contributed by atoms with Crippen LogP contribution in [0.15, 0.2) is 54.6 Å². The molecule has 4 heteroatoms. The number of nitrogens with one attached hydrogen (secondary N) is 2. The highest BCUT2D eigenvalue weighted by molar-refractivity contribution is 6.35. The van der Waals surface area contributed by atoms with Crippen LogP contribution < -0.4 is 10.6 Å². The minimum absolute atomic E-state index is 0.664. The number of nitrogens with zero attached hydrogens (tertiary/aromatic N) is 1. The van der Waals surface area contributed by atoms with Gasteiger partial charge in [0, 0.05) is 23.8 Å². The molecule has 0 aliphatic rings. The van der Waals surface area contributed by atoms with Crippen LogP contribution in [0.1, 0.15) is 0 Å². The molecular weight excluding hydrogens is 270 g/mol. The van der Waals surface area contributed by atoms with E-state index in [1.165, 1.54) is 0 Å². The van der Waals surface area contributed by atoms with Gasteiger partial charge in [0.25, 0.3) is 0 Å². The van der Waals surface area contributed by atoms with Crippen LogP contribution in [0, 0.1) is 0 Å². The van der Waals surface area contributed by atoms with E-state index in [0.29, 0.717) is 5.02 Å². The summed E-state index contributed by atoms with van der Waals surface area (Å²) in [5.74, 6) is 0.780. The molecule has 3 aromatic rings. The van der Waals surface area contributed by atoms with Crippen molar-refractivity contribution in [3.05, 3.63) is 59.6 Å². The van der Waals surface area contributed by atoms with Crippen molar-refractivity contribution in [3.63, 3.8) is 0 Å². The van der Waals surface area contributed by atoms with Crippen LogP contribution >= 0.6 is 11.6 Å². The number of para-hydroxylation sites is 1. The molecular formula is C16H14ClN3. The molecule has 1 heterocycles. The van der Waals surface area contributed by atoms with Gasteiger partial charge in [-0.15, -0.1) is 0 Å². The maximum Gasteiger partial charge on any atom is 0.131 e. The zero-order valence-electron chi connectivity index (χ0n) is 11.0. The van der Waals surface area contributed by atoms with Crippen molar-refractivity contribution in [2.45, 2.75) is 0 Å². The van der Waals surface area contributed by atoms with Crippen molar-refractivity contribution in [2.24, 2.45) is 0 Å². The van der Waals surface area contributed by atoms with Crippen LogP contribution in [0.3, 0.4) is 0 Å². The highest BCUT2D eigenvalue weighted by Gasteiger charge is 2.02. The van der Waals surface area contributed by atoms with Gasteiger partial charge in [-0.25, -0.2) is 4.98 Å². The number of hydrogen-bond donors (Lipinski definition) is 2. The SMILES string of the molecule is CNc1ccc(Nc2ccc3cccc(Cl)c3n2)cc1. The maximum atomic E-state index is 6.17. The maximum absolute atomic E-state index is 6.17. The topological polar surface area (TPSA) is 37.0 Å². The first-order chi connectivity index (χ1) is 9.76. The lowest BCUT2D eigenvalue weighted by molar-refractivity contribution is 1.37. The quantitative estimate of drug-likeness (QED) is 0.733. The molecule has 0 atom stereocenters. The first-order valence-electron chi connectivity index (χ1n) is 6.36. The second kappa shape index (κ2) is 5.39. The van der Waals surface area contributed by atoms with Crippen LogP contribution in [-0.2, 0) is 0 Å². The third-order valence-electron chi connectivity index (χ3n) is 3.12. The summed E-state index contributed by atoms with van der Waals surface area (Å²) in [4.78, 5) is 4.55. The molecule has 0 bridgehead atoms. The van der Waals surface area contributed by atoms with Crippen molar-refractivity contribution < 1.29 is 0 Å². The van der Waals surface area contributed by atoms with Gasteiger partial charge in [-0.2, -0.15) is 0 Å². The number of aromatic nitrogens is 1. The van der Waals surface area contributed by atoms with Crippen LogP contribution in [0.25, 0.3) is 10.9 Å². The molecule has 3 nitrogen and oxygen atoms in total. The molecule has 0 spiro atoms. The first kappa shape index (κ1) is 12.8. The van der Waals surface area contributed by atoms with Gasteiger partial charge in [0.2, 0.25) is 0 Å². The van der Waals surface area contributed by atoms with Crippen molar-refractivity contribution >= 4 is 39.7 Å². The lowest BCUT2D eigenvalue weighted by atomic mass is 10.2. The summed E-state index contributed by atoms with van der Waals surface area (Å²) in [6.45, 7) is 0. The van der Waals surface area contributed by atoms with Crippen molar-refractivity contribution in [1.82, 2.24) is 4.98 Å². The molecule has 0 saturated carbocycles. The van der Waals surface area contributed by atoms with Gasteiger partial charge in [-0.3, -0.25) is 0 Å². The van der Waals surface area contributed by atoms with Gasteiger partial charge in [0.1, 0.15) is 5.82 Å². The van der Waals surface area contributed by atoms with E-state index in [2.05, 4.69) is 15.6 Å². The van der Waals surface area contributed by atoms with Crippen molar-refractivity contribution in [2.75, 3.05) is 17.7 Å². The molecule has 3 rings (SSSR count). The lowest BCUT2D eigenvalue weighted by Gasteiger charge is -2.08. The normalized spacial score (nSPS) is 10.5. The Hall–Kier alpha value is -2.26. The van der Waals surface area contributed by atoms with Crippen LogP contribution in [0.2, 0.25) is 5.02 Å². The zero-order valence-corrected chi connectivity index (χ0v) is 11.8. The molecule has 20 heavy (non-hydrogen) atoms. The number of anilines is 3. The molecule has 0 amide bonds. The van der Waals surface area contributed by atoms with Crippen molar-refractivity contribution in [1.29, 1.82) is 0 Å². The van der Waals surface area contributed by atoms with E-state index in [4.69, 9.17) is 11.6 Å². The second-order valence-corrected chi connectivity index (χ2v) is 4.87. The second-order valence-electron chi connectivity index (χ2n) is 4.46.